The van der Waals surface area contributed by atoms with Gasteiger partial charge in [-0.25, -0.2) is 9.07 Å². The number of nitrogens with zero attached hydrogens (tertiary/aromatic N) is 4. The second-order valence-corrected chi connectivity index (χ2v) is 6.31. The van der Waals surface area contributed by atoms with Crippen molar-refractivity contribution in [3.63, 3.8) is 0 Å². The number of aryl methyl sites for hydroxylation is 1. The number of hydrogen-bond donors (Lipinski definition) is 1. The van der Waals surface area contributed by atoms with E-state index in [4.69, 9.17) is 0 Å². The van der Waals surface area contributed by atoms with Crippen LogP contribution in [0.25, 0.3) is 0 Å². The van der Waals surface area contributed by atoms with Crippen LogP contribution in [-0.2, 0) is 11.2 Å². The molecule has 0 radical (unpaired) electrons. The number of halogens is 1. The summed E-state index contributed by atoms with van der Waals surface area (Å²) < 4.78 is 16.7. The summed E-state index contributed by atoms with van der Waals surface area (Å²) in [5, 5.41) is 11.8. The van der Waals surface area contributed by atoms with Gasteiger partial charge in [-0.05, 0) is 42.8 Å². The van der Waals surface area contributed by atoms with E-state index in [9.17, 15) is 9.18 Å². The molecule has 0 aliphatic heterocycles. The molecule has 130 valence electrons. The first-order valence-electron chi connectivity index (χ1n) is 7.93. The second-order valence-electron chi connectivity index (χ2n) is 5.37. The van der Waals surface area contributed by atoms with E-state index < -0.39 is 0 Å². The lowest BCUT2D eigenvalue weighted by atomic mass is 10.3. The summed E-state index contributed by atoms with van der Waals surface area (Å²) in [6.07, 6.45) is 5.57. The lowest BCUT2D eigenvalue weighted by Gasteiger charge is -2.10. The van der Waals surface area contributed by atoms with Gasteiger partial charge < -0.3 is 5.32 Å². The maximum atomic E-state index is 12.9. The fourth-order valence-electron chi connectivity index (χ4n) is 2.32. The normalized spacial score (nSPS) is 10.8. The molecular formula is C17H18FN5OS. The average Bonchev–Trinajstić information content (AvgIpc) is 3.25. The zero-order valence-electron chi connectivity index (χ0n) is 13.7. The Kier molecular flexibility index (Phi) is 5.49. The molecular weight excluding hydrogens is 341 g/mol. The van der Waals surface area contributed by atoms with Crippen LogP contribution < -0.4 is 5.32 Å². The van der Waals surface area contributed by atoms with Crippen LogP contribution in [0.15, 0.2) is 53.9 Å². The van der Waals surface area contributed by atoms with Crippen LogP contribution in [0.1, 0.15) is 19.2 Å². The maximum Gasteiger partial charge on any atom is 0.234 e. The van der Waals surface area contributed by atoms with Crippen LogP contribution in [0.4, 0.5) is 10.1 Å². The smallest absolute Gasteiger partial charge is 0.234 e. The van der Waals surface area contributed by atoms with Crippen LogP contribution in [0.2, 0.25) is 0 Å². The predicted octanol–water partition coefficient (Wildman–Crippen LogP) is 3.21. The number of nitrogens with one attached hydrogen (secondary N) is 1. The van der Waals surface area contributed by atoms with Crippen molar-refractivity contribution in [3.05, 3.63) is 60.4 Å². The summed E-state index contributed by atoms with van der Waals surface area (Å²) >= 11 is 1.30. The lowest BCUT2D eigenvalue weighted by molar-refractivity contribution is -0.113. The number of carbonyl (C=O) groups excluding carboxylic acids is 1. The molecule has 1 N–H and O–H groups in total. The molecule has 1 amide bonds. The molecule has 2 heterocycles. The minimum atomic E-state index is -0.337. The van der Waals surface area contributed by atoms with Crippen LogP contribution in [0.5, 0.6) is 0 Å². The van der Waals surface area contributed by atoms with E-state index in [0.29, 0.717) is 10.8 Å². The number of thioether (sulfide) groups is 1. The van der Waals surface area contributed by atoms with Crippen molar-refractivity contribution in [1.29, 1.82) is 0 Å². The molecule has 0 saturated carbocycles. The molecule has 0 aliphatic carbocycles. The summed E-state index contributed by atoms with van der Waals surface area (Å²) in [5.41, 5.74) is 0.561. The molecule has 0 aliphatic rings. The molecule has 2 aromatic heterocycles. The van der Waals surface area contributed by atoms with E-state index in [1.807, 2.05) is 33.9 Å². The third-order valence-corrected chi connectivity index (χ3v) is 4.35. The number of benzene rings is 1. The SMILES string of the molecule is CCCc1nnc(SCC(=O)Nc2ccc(F)cc2)n1-n1cccc1. The van der Waals surface area contributed by atoms with Gasteiger partial charge in [-0.15, -0.1) is 10.2 Å². The number of amides is 1. The summed E-state index contributed by atoms with van der Waals surface area (Å²) in [5.74, 6) is 0.509. The van der Waals surface area contributed by atoms with E-state index in [-0.39, 0.29) is 17.5 Å². The van der Waals surface area contributed by atoms with Crippen molar-refractivity contribution in [2.75, 3.05) is 11.1 Å². The second kappa shape index (κ2) is 7.98. The van der Waals surface area contributed by atoms with E-state index in [1.54, 1.807) is 0 Å². The molecule has 0 atom stereocenters. The molecule has 0 bridgehead atoms. The van der Waals surface area contributed by atoms with Gasteiger partial charge in [0, 0.05) is 24.5 Å². The number of aromatic nitrogens is 4. The highest BCUT2D eigenvalue weighted by Gasteiger charge is 2.15. The average molecular weight is 359 g/mol. The maximum absolute atomic E-state index is 12.9. The van der Waals surface area contributed by atoms with E-state index in [1.165, 1.54) is 36.0 Å². The number of anilines is 1. The molecule has 0 unspecified atom stereocenters. The molecule has 3 aromatic rings. The molecule has 3 rings (SSSR count). The van der Waals surface area contributed by atoms with Crippen molar-refractivity contribution >= 4 is 23.4 Å². The van der Waals surface area contributed by atoms with Crippen LogP contribution in [0, 0.1) is 5.82 Å². The van der Waals surface area contributed by atoms with E-state index >= 15 is 0 Å². The Morgan fingerprint density at radius 3 is 2.60 bits per heavy atom. The van der Waals surface area contributed by atoms with Gasteiger partial charge in [0.2, 0.25) is 11.1 Å². The highest BCUT2D eigenvalue weighted by molar-refractivity contribution is 7.99. The third-order valence-electron chi connectivity index (χ3n) is 3.43. The Balaban J connectivity index is 1.68. The Morgan fingerprint density at radius 1 is 1.20 bits per heavy atom. The molecule has 8 heteroatoms. The first kappa shape index (κ1) is 17.2. The van der Waals surface area contributed by atoms with Gasteiger partial charge in [-0.2, -0.15) is 0 Å². The number of carbonyl (C=O) groups is 1. The third kappa shape index (κ3) is 4.27. The Hall–Kier alpha value is -2.61. The minimum absolute atomic E-state index is 0.183. The largest absolute Gasteiger partial charge is 0.325 e. The van der Waals surface area contributed by atoms with Gasteiger partial charge in [0.1, 0.15) is 5.82 Å². The quantitative estimate of drug-likeness (QED) is 0.658. The van der Waals surface area contributed by atoms with Crippen LogP contribution in [0.3, 0.4) is 0 Å². The van der Waals surface area contributed by atoms with Crippen LogP contribution in [-0.4, -0.2) is 31.2 Å². The van der Waals surface area contributed by atoms with Gasteiger partial charge >= 0.3 is 0 Å². The summed E-state index contributed by atoms with van der Waals surface area (Å²) in [7, 11) is 0. The highest BCUT2D eigenvalue weighted by Crippen LogP contribution is 2.19. The predicted molar refractivity (Wildman–Crippen MR) is 95.0 cm³/mol. The zero-order valence-corrected chi connectivity index (χ0v) is 14.5. The first-order valence-corrected chi connectivity index (χ1v) is 8.92. The molecule has 6 nitrogen and oxygen atoms in total. The Bertz CT molecular complexity index is 829. The number of hydrogen-bond acceptors (Lipinski definition) is 4. The van der Waals surface area contributed by atoms with Crippen molar-refractivity contribution < 1.29 is 9.18 Å². The summed E-state index contributed by atoms with van der Waals surface area (Å²) in [6.45, 7) is 2.08. The molecule has 25 heavy (non-hydrogen) atoms. The molecule has 1 aromatic carbocycles. The Morgan fingerprint density at radius 2 is 1.92 bits per heavy atom. The van der Waals surface area contributed by atoms with Gasteiger partial charge in [0.15, 0.2) is 5.82 Å². The van der Waals surface area contributed by atoms with Crippen molar-refractivity contribution in [3.8, 4) is 0 Å². The lowest BCUT2D eigenvalue weighted by Crippen LogP contribution is -2.16. The standard InChI is InChI=1S/C17H18FN5OS/c1-2-5-15-20-21-17(23(15)22-10-3-4-11-22)25-12-16(24)19-14-8-6-13(18)7-9-14/h3-4,6-11H,2,5,12H2,1H3,(H,19,24). The molecule has 0 spiro atoms. The van der Waals surface area contributed by atoms with Crippen molar-refractivity contribution in [2.45, 2.75) is 24.9 Å². The van der Waals surface area contributed by atoms with Gasteiger partial charge in [0.25, 0.3) is 0 Å². The zero-order chi connectivity index (χ0) is 17.6. The minimum Gasteiger partial charge on any atom is -0.325 e. The van der Waals surface area contributed by atoms with Gasteiger partial charge in [0.05, 0.1) is 5.75 Å². The fourth-order valence-corrected chi connectivity index (χ4v) is 3.07. The monoisotopic (exact) mass is 359 g/mol. The Labute approximate surface area is 149 Å². The van der Waals surface area contributed by atoms with E-state index in [0.717, 1.165) is 18.7 Å². The fraction of sp³-hybridized carbons (Fsp3) is 0.235. The summed E-state index contributed by atoms with van der Waals surface area (Å²) in [6, 6.07) is 9.51. The molecule has 0 saturated heterocycles. The van der Waals surface area contributed by atoms with Crippen molar-refractivity contribution in [2.24, 2.45) is 0 Å². The van der Waals surface area contributed by atoms with Gasteiger partial charge in [-0.1, -0.05) is 18.7 Å². The van der Waals surface area contributed by atoms with E-state index in [2.05, 4.69) is 22.4 Å². The molecule has 0 fully saturated rings. The first-order chi connectivity index (χ1) is 12.2. The summed E-state index contributed by atoms with van der Waals surface area (Å²) in [4.78, 5) is 12.1. The topological polar surface area (TPSA) is 64.7 Å². The van der Waals surface area contributed by atoms with Gasteiger partial charge in [-0.3, -0.25) is 9.47 Å². The van der Waals surface area contributed by atoms with Crippen LogP contribution >= 0.6 is 11.8 Å². The van der Waals surface area contributed by atoms with Crippen molar-refractivity contribution in [1.82, 2.24) is 19.5 Å². The highest BCUT2D eigenvalue weighted by atomic mass is 32.2. The number of rotatable bonds is 7.